The molecule has 1 N–H and O–H groups in total. The molecule has 0 spiro atoms. The van der Waals surface area contributed by atoms with E-state index in [-0.39, 0.29) is 5.57 Å². The molecule has 128 valence electrons. The van der Waals surface area contributed by atoms with Crippen LogP contribution in [-0.4, -0.2) is 12.5 Å². The van der Waals surface area contributed by atoms with Crippen LogP contribution in [0.5, 0.6) is 5.75 Å². The highest BCUT2D eigenvalue weighted by molar-refractivity contribution is 6.31. The molecule has 0 fully saturated rings. The molecule has 0 bridgehead atoms. The van der Waals surface area contributed by atoms with Crippen LogP contribution in [0.2, 0.25) is 5.02 Å². The minimum atomic E-state index is -0.492. The lowest BCUT2D eigenvalue weighted by Crippen LogP contribution is -2.13. The van der Waals surface area contributed by atoms with Crippen molar-refractivity contribution in [1.29, 1.82) is 5.26 Å². The van der Waals surface area contributed by atoms with Crippen LogP contribution in [0.25, 0.3) is 6.08 Å². The summed E-state index contributed by atoms with van der Waals surface area (Å²) in [4.78, 5) is 12.3. The zero-order chi connectivity index (χ0) is 18.1. The van der Waals surface area contributed by atoms with Gasteiger partial charge in [0, 0.05) is 16.3 Å². The summed E-state index contributed by atoms with van der Waals surface area (Å²) in [6.45, 7) is 2.68. The third-order valence-corrected chi connectivity index (χ3v) is 3.66. The van der Waals surface area contributed by atoms with E-state index >= 15 is 0 Å². The van der Waals surface area contributed by atoms with Gasteiger partial charge in [-0.15, -0.1) is 0 Å². The highest BCUT2D eigenvalue weighted by Crippen LogP contribution is 2.22. The molecule has 2 rings (SSSR count). The fraction of sp³-hybridized carbons (Fsp3) is 0.200. The Labute approximate surface area is 152 Å². The monoisotopic (exact) mass is 354 g/mol. The number of ether oxygens (including phenoxy) is 1. The molecular weight excluding hydrogens is 336 g/mol. The second kappa shape index (κ2) is 9.51. The van der Waals surface area contributed by atoms with Gasteiger partial charge in [0.25, 0.3) is 5.91 Å². The fourth-order valence-electron chi connectivity index (χ4n) is 2.13. The molecule has 0 aliphatic rings. The molecule has 2 aromatic rings. The van der Waals surface area contributed by atoms with Gasteiger partial charge in [0.05, 0.1) is 6.61 Å². The van der Waals surface area contributed by atoms with Crippen LogP contribution in [0.3, 0.4) is 0 Å². The standard InChI is InChI=1S/C20H19ClN2O2/c1-2-3-11-25-19-10-5-4-7-15(19)12-16(14-22)20(24)23-18-9-6-8-17(21)13-18/h4-10,12-13H,2-3,11H2,1H3,(H,23,24). The number of nitriles is 1. The van der Waals surface area contributed by atoms with Crippen LogP contribution in [0, 0.1) is 11.3 Å². The van der Waals surface area contributed by atoms with Crippen molar-refractivity contribution in [3.63, 3.8) is 0 Å². The Morgan fingerprint density at radius 3 is 2.80 bits per heavy atom. The summed E-state index contributed by atoms with van der Waals surface area (Å²) in [6.07, 6.45) is 3.50. The van der Waals surface area contributed by atoms with Crippen molar-refractivity contribution in [1.82, 2.24) is 0 Å². The third kappa shape index (κ3) is 5.66. The average Bonchev–Trinajstić information content (AvgIpc) is 2.61. The van der Waals surface area contributed by atoms with Crippen LogP contribution in [0.15, 0.2) is 54.1 Å². The van der Waals surface area contributed by atoms with Crippen molar-refractivity contribution in [3.8, 4) is 11.8 Å². The minimum Gasteiger partial charge on any atom is -0.493 e. The second-order valence-electron chi connectivity index (χ2n) is 5.37. The van der Waals surface area contributed by atoms with Crippen LogP contribution in [0.1, 0.15) is 25.3 Å². The van der Waals surface area contributed by atoms with Crippen molar-refractivity contribution < 1.29 is 9.53 Å². The van der Waals surface area contributed by atoms with Gasteiger partial charge in [0.1, 0.15) is 17.4 Å². The molecule has 0 unspecified atom stereocenters. The number of halogens is 1. The number of carbonyl (C=O) groups excluding carboxylic acids is 1. The molecule has 0 aromatic heterocycles. The maximum atomic E-state index is 12.3. The van der Waals surface area contributed by atoms with E-state index in [1.807, 2.05) is 30.3 Å². The Bertz CT molecular complexity index is 809. The Morgan fingerprint density at radius 1 is 1.28 bits per heavy atom. The van der Waals surface area contributed by atoms with Gasteiger partial charge >= 0.3 is 0 Å². The minimum absolute atomic E-state index is 0.00785. The molecule has 1 amide bonds. The lowest BCUT2D eigenvalue weighted by atomic mass is 10.1. The number of hydrogen-bond donors (Lipinski definition) is 1. The first-order chi connectivity index (χ1) is 12.1. The zero-order valence-electron chi connectivity index (χ0n) is 14.0. The maximum absolute atomic E-state index is 12.3. The summed E-state index contributed by atoms with van der Waals surface area (Å²) in [5.74, 6) is 0.160. The van der Waals surface area contributed by atoms with Gasteiger partial charge in [0.2, 0.25) is 0 Å². The SMILES string of the molecule is CCCCOc1ccccc1C=C(C#N)C(=O)Nc1cccc(Cl)c1. The van der Waals surface area contributed by atoms with Gasteiger partial charge in [-0.1, -0.05) is 49.2 Å². The van der Waals surface area contributed by atoms with Gasteiger partial charge < -0.3 is 10.1 Å². The molecule has 0 aliphatic heterocycles. The summed E-state index contributed by atoms with van der Waals surface area (Å²) < 4.78 is 5.73. The lowest BCUT2D eigenvalue weighted by molar-refractivity contribution is -0.112. The fourth-order valence-corrected chi connectivity index (χ4v) is 2.32. The average molecular weight is 355 g/mol. The normalized spacial score (nSPS) is 10.8. The molecule has 0 aliphatic carbocycles. The molecule has 0 saturated carbocycles. The second-order valence-corrected chi connectivity index (χ2v) is 5.81. The van der Waals surface area contributed by atoms with E-state index < -0.39 is 5.91 Å². The molecule has 5 heteroatoms. The van der Waals surface area contributed by atoms with Gasteiger partial charge in [-0.25, -0.2) is 0 Å². The number of rotatable bonds is 7. The van der Waals surface area contributed by atoms with Crippen molar-refractivity contribution in [2.45, 2.75) is 19.8 Å². The zero-order valence-corrected chi connectivity index (χ0v) is 14.7. The maximum Gasteiger partial charge on any atom is 0.266 e. The van der Waals surface area contributed by atoms with E-state index in [0.717, 1.165) is 12.8 Å². The largest absolute Gasteiger partial charge is 0.493 e. The highest BCUT2D eigenvalue weighted by Gasteiger charge is 2.11. The number of hydrogen-bond acceptors (Lipinski definition) is 3. The summed E-state index contributed by atoms with van der Waals surface area (Å²) in [6, 6.07) is 16.0. The van der Waals surface area contributed by atoms with Crippen LogP contribution in [-0.2, 0) is 4.79 Å². The molecule has 0 heterocycles. The molecule has 0 atom stereocenters. The molecule has 0 radical (unpaired) electrons. The number of amides is 1. The lowest BCUT2D eigenvalue weighted by Gasteiger charge is -2.09. The first-order valence-electron chi connectivity index (χ1n) is 8.04. The summed E-state index contributed by atoms with van der Waals surface area (Å²) in [5, 5.41) is 12.5. The number of nitrogens with one attached hydrogen (secondary N) is 1. The Balaban J connectivity index is 2.19. The van der Waals surface area contributed by atoms with E-state index in [4.69, 9.17) is 16.3 Å². The van der Waals surface area contributed by atoms with Crippen molar-refractivity contribution in [2.24, 2.45) is 0 Å². The number of unbranched alkanes of at least 4 members (excludes halogenated alkanes) is 1. The van der Waals surface area contributed by atoms with Gasteiger partial charge in [0.15, 0.2) is 0 Å². The number of carbonyl (C=O) groups is 1. The van der Waals surface area contributed by atoms with E-state index in [0.29, 0.717) is 28.6 Å². The number of para-hydroxylation sites is 1. The summed E-state index contributed by atoms with van der Waals surface area (Å²) >= 11 is 5.91. The predicted molar refractivity (Wildman–Crippen MR) is 101 cm³/mol. The van der Waals surface area contributed by atoms with Crippen LogP contribution < -0.4 is 10.1 Å². The van der Waals surface area contributed by atoms with E-state index in [9.17, 15) is 10.1 Å². The van der Waals surface area contributed by atoms with E-state index in [1.165, 1.54) is 6.08 Å². The van der Waals surface area contributed by atoms with Crippen molar-refractivity contribution in [2.75, 3.05) is 11.9 Å². The van der Waals surface area contributed by atoms with Crippen molar-refractivity contribution in [3.05, 3.63) is 64.7 Å². The van der Waals surface area contributed by atoms with Gasteiger partial charge in [-0.05, 0) is 36.8 Å². The molecular formula is C20H19ClN2O2. The van der Waals surface area contributed by atoms with Crippen LogP contribution in [0.4, 0.5) is 5.69 Å². The first kappa shape index (κ1) is 18.6. The predicted octanol–water partition coefficient (Wildman–Crippen LogP) is 5.06. The Morgan fingerprint density at radius 2 is 2.08 bits per heavy atom. The molecule has 25 heavy (non-hydrogen) atoms. The van der Waals surface area contributed by atoms with Crippen LogP contribution >= 0.6 is 11.6 Å². The molecule has 2 aromatic carbocycles. The van der Waals surface area contributed by atoms with Gasteiger partial charge in [-0.2, -0.15) is 5.26 Å². The highest BCUT2D eigenvalue weighted by atomic mass is 35.5. The number of benzene rings is 2. The molecule has 4 nitrogen and oxygen atoms in total. The first-order valence-corrected chi connectivity index (χ1v) is 8.42. The van der Waals surface area contributed by atoms with Crippen molar-refractivity contribution >= 4 is 29.3 Å². The van der Waals surface area contributed by atoms with E-state index in [2.05, 4.69) is 12.2 Å². The molecule has 0 saturated heterocycles. The third-order valence-electron chi connectivity index (χ3n) is 3.42. The smallest absolute Gasteiger partial charge is 0.266 e. The quantitative estimate of drug-likeness (QED) is 0.429. The van der Waals surface area contributed by atoms with Gasteiger partial charge in [-0.3, -0.25) is 4.79 Å². The topological polar surface area (TPSA) is 62.1 Å². The van der Waals surface area contributed by atoms with E-state index in [1.54, 1.807) is 24.3 Å². The Hall–Kier alpha value is -2.77. The number of nitrogens with zero attached hydrogens (tertiary/aromatic N) is 1. The summed E-state index contributed by atoms with van der Waals surface area (Å²) in [5.41, 5.74) is 1.22. The number of anilines is 1. The Kier molecular flexibility index (Phi) is 7.06. The summed E-state index contributed by atoms with van der Waals surface area (Å²) in [7, 11) is 0.